The second-order valence-corrected chi connectivity index (χ2v) is 3.88. The average molecular weight is 269 g/mol. The normalized spacial score (nSPS) is 11.5. The predicted molar refractivity (Wildman–Crippen MR) is 70.9 cm³/mol. The number of aromatic nitrogens is 1. The maximum Gasteiger partial charge on any atom is 0.247 e. The number of amides is 2. The fraction of sp³-hybridized carbons (Fsp3) is 0.364. The summed E-state index contributed by atoms with van der Waals surface area (Å²) in [5, 5.41) is 5.13. The summed E-state index contributed by atoms with van der Waals surface area (Å²) in [5.41, 5.74) is 0.526. The van der Waals surface area contributed by atoms with Gasteiger partial charge in [0.1, 0.15) is 6.04 Å². The van der Waals surface area contributed by atoms with E-state index in [1.807, 2.05) is 0 Å². The average Bonchev–Trinajstić information content (AvgIpc) is 2.36. The fourth-order valence-corrected chi connectivity index (χ4v) is 1.50. The van der Waals surface area contributed by atoms with Crippen LogP contribution in [0.1, 0.15) is 6.92 Å². The lowest BCUT2D eigenvalue weighted by atomic mass is 10.3. The zero-order valence-electron chi connectivity index (χ0n) is 10.1. The molecule has 1 aromatic heterocycles. The quantitative estimate of drug-likeness (QED) is 0.679. The molecule has 0 aliphatic heterocycles. The van der Waals surface area contributed by atoms with Gasteiger partial charge in [0.15, 0.2) is 0 Å². The molecule has 0 fully saturated rings. The number of anilines is 1. The lowest BCUT2D eigenvalue weighted by molar-refractivity contribution is -0.124. The Balaban J connectivity index is 2.64. The van der Waals surface area contributed by atoms with Crippen LogP contribution in [0, 0.1) is 0 Å². The molecule has 2 N–H and O–H groups in total. The molecular weight excluding hydrogens is 254 g/mol. The summed E-state index contributed by atoms with van der Waals surface area (Å²) in [5.74, 6) is 0.0551. The Morgan fingerprint density at radius 3 is 2.67 bits per heavy atom. The molecule has 7 heteroatoms. The van der Waals surface area contributed by atoms with Crippen LogP contribution in [0.4, 0.5) is 5.69 Å². The summed E-state index contributed by atoms with van der Waals surface area (Å²) in [4.78, 5) is 26.7. The fourth-order valence-electron chi connectivity index (χ4n) is 1.24. The Bertz CT molecular complexity index is 422. The molecule has 2 amide bonds. The lowest BCUT2D eigenvalue weighted by Gasteiger charge is -2.15. The number of thiol groups is 1. The highest BCUT2D eigenvalue weighted by molar-refractivity contribution is 7.80. The number of methoxy groups -OCH3 is 1. The van der Waals surface area contributed by atoms with Crippen molar-refractivity contribution >= 4 is 30.1 Å². The molecule has 1 atom stereocenters. The SMILES string of the molecule is COc1ccc(NC(=O)C(CS)NC(C)=O)cn1. The van der Waals surface area contributed by atoms with Gasteiger partial charge in [-0.3, -0.25) is 9.59 Å². The number of pyridine rings is 1. The number of hydrogen-bond acceptors (Lipinski definition) is 5. The van der Waals surface area contributed by atoms with E-state index in [0.717, 1.165) is 0 Å². The molecule has 0 aliphatic rings. The highest BCUT2D eigenvalue weighted by Gasteiger charge is 2.17. The minimum atomic E-state index is -0.673. The first-order chi connectivity index (χ1) is 8.56. The maximum absolute atomic E-state index is 11.8. The van der Waals surface area contributed by atoms with E-state index in [1.54, 1.807) is 12.1 Å². The van der Waals surface area contributed by atoms with Crippen LogP contribution in [-0.4, -0.2) is 35.7 Å². The topological polar surface area (TPSA) is 80.3 Å². The molecular formula is C11H15N3O3S. The van der Waals surface area contributed by atoms with Crippen LogP contribution in [-0.2, 0) is 9.59 Å². The standard InChI is InChI=1S/C11H15N3O3S/c1-7(15)13-9(6-18)11(16)14-8-3-4-10(17-2)12-5-8/h3-5,9,18H,6H2,1-2H3,(H,13,15)(H,14,16). The van der Waals surface area contributed by atoms with Crippen molar-refractivity contribution in [2.24, 2.45) is 0 Å². The second-order valence-electron chi connectivity index (χ2n) is 3.51. The number of carbonyl (C=O) groups excluding carboxylic acids is 2. The van der Waals surface area contributed by atoms with Crippen molar-refractivity contribution in [2.75, 3.05) is 18.2 Å². The lowest BCUT2D eigenvalue weighted by Crippen LogP contribution is -2.44. The van der Waals surface area contributed by atoms with Gasteiger partial charge in [-0.1, -0.05) is 0 Å². The number of carbonyl (C=O) groups is 2. The Morgan fingerprint density at radius 1 is 1.50 bits per heavy atom. The van der Waals surface area contributed by atoms with Gasteiger partial charge in [0.25, 0.3) is 0 Å². The van der Waals surface area contributed by atoms with E-state index in [2.05, 4.69) is 28.2 Å². The first-order valence-corrected chi connectivity index (χ1v) is 5.89. The Kier molecular flexibility index (Phi) is 5.44. The molecule has 1 heterocycles. The first-order valence-electron chi connectivity index (χ1n) is 5.25. The third-order valence-electron chi connectivity index (χ3n) is 2.09. The zero-order chi connectivity index (χ0) is 13.5. The van der Waals surface area contributed by atoms with Crippen molar-refractivity contribution in [3.63, 3.8) is 0 Å². The molecule has 6 nitrogen and oxygen atoms in total. The van der Waals surface area contributed by atoms with Crippen molar-refractivity contribution in [3.05, 3.63) is 18.3 Å². The highest BCUT2D eigenvalue weighted by atomic mass is 32.1. The summed E-state index contributed by atoms with van der Waals surface area (Å²) in [6.07, 6.45) is 1.47. The molecule has 0 aliphatic carbocycles. The summed E-state index contributed by atoms with van der Waals surface area (Å²) in [6.45, 7) is 1.35. The maximum atomic E-state index is 11.8. The van der Waals surface area contributed by atoms with Crippen LogP contribution in [0.5, 0.6) is 5.88 Å². The third-order valence-corrected chi connectivity index (χ3v) is 2.45. The Morgan fingerprint density at radius 2 is 2.22 bits per heavy atom. The summed E-state index contributed by atoms with van der Waals surface area (Å²) < 4.78 is 4.90. The molecule has 0 saturated carbocycles. The van der Waals surface area contributed by atoms with E-state index in [4.69, 9.17) is 4.74 Å². The number of hydrogen-bond donors (Lipinski definition) is 3. The van der Waals surface area contributed by atoms with Gasteiger partial charge in [0.05, 0.1) is 19.0 Å². The van der Waals surface area contributed by atoms with Crippen LogP contribution in [0.15, 0.2) is 18.3 Å². The van der Waals surface area contributed by atoms with E-state index in [0.29, 0.717) is 11.6 Å². The molecule has 98 valence electrons. The largest absolute Gasteiger partial charge is 0.481 e. The first kappa shape index (κ1) is 14.3. The van der Waals surface area contributed by atoms with Gasteiger partial charge in [-0.15, -0.1) is 0 Å². The van der Waals surface area contributed by atoms with Gasteiger partial charge in [-0.25, -0.2) is 4.98 Å². The molecule has 0 saturated heterocycles. The monoisotopic (exact) mass is 269 g/mol. The van der Waals surface area contributed by atoms with E-state index in [-0.39, 0.29) is 17.6 Å². The number of ether oxygens (including phenoxy) is 1. The molecule has 1 aromatic rings. The summed E-state index contributed by atoms with van der Waals surface area (Å²) >= 11 is 4.02. The minimum absolute atomic E-state index is 0.217. The van der Waals surface area contributed by atoms with E-state index < -0.39 is 6.04 Å². The smallest absolute Gasteiger partial charge is 0.247 e. The number of nitrogens with one attached hydrogen (secondary N) is 2. The molecule has 1 unspecified atom stereocenters. The zero-order valence-corrected chi connectivity index (χ0v) is 11.0. The van der Waals surface area contributed by atoms with Crippen molar-refractivity contribution < 1.29 is 14.3 Å². The van der Waals surface area contributed by atoms with Crippen LogP contribution < -0.4 is 15.4 Å². The van der Waals surface area contributed by atoms with Crippen molar-refractivity contribution in [2.45, 2.75) is 13.0 Å². The van der Waals surface area contributed by atoms with Crippen LogP contribution in [0.3, 0.4) is 0 Å². The van der Waals surface area contributed by atoms with Gasteiger partial charge in [0, 0.05) is 18.7 Å². The number of rotatable bonds is 5. The van der Waals surface area contributed by atoms with Crippen molar-refractivity contribution in [1.82, 2.24) is 10.3 Å². The minimum Gasteiger partial charge on any atom is -0.481 e. The van der Waals surface area contributed by atoms with Gasteiger partial charge in [0.2, 0.25) is 17.7 Å². The van der Waals surface area contributed by atoms with Crippen LogP contribution in [0.25, 0.3) is 0 Å². The molecule has 0 radical (unpaired) electrons. The van der Waals surface area contributed by atoms with Gasteiger partial charge in [-0.05, 0) is 6.07 Å². The van der Waals surface area contributed by atoms with Crippen molar-refractivity contribution in [1.29, 1.82) is 0 Å². The van der Waals surface area contributed by atoms with E-state index in [1.165, 1.54) is 20.2 Å². The van der Waals surface area contributed by atoms with Gasteiger partial charge < -0.3 is 15.4 Å². The van der Waals surface area contributed by atoms with E-state index in [9.17, 15) is 9.59 Å². The summed E-state index contributed by atoms with van der Waals surface area (Å²) in [6, 6.07) is 2.62. The third kappa shape index (κ3) is 4.25. The Hall–Kier alpha value is -1.76. The van der Waals surface area contributed by atoms with E-state index >= 15 is 0 Å². The Labute approximate surface area is 111 Å². The highest BCUT2D eigenvalue weighted by Crippen LogP contribution is 2.11. The molecule has 0 aromatic carbocycles. The van der Waals surface area contributed by atoms with Gasteiger partial charge in [-0.2, -0.15) is 12.6 Å². The molecule has 18 heavy (non-hydrogen) atoms. The molecule has 0 spiro atoms. The molecule has 1 rings (SSSR count). The number of nitrogens with zero attached hydrogens (tertiary/aromatic N) is 1. The van der Waals surface area contributed by atoms with Crippen LogP contribution in [0.2, 0.25) is 0 Å². The van der Waals surface area contributed by atoms with Crippen molar-refractivity contribution in [3.8, 4) is 5.88 Å². The van der Waals surface area contributed by atoms with Crippen LogP contribution >= 0.6 is 12.6 Å². The predicted octanol–water partition coefficient (Wildman–Crippen LogP) is 0.463. The molecule has 0 bridgehead atoms. The summed E-state index contributed by atoms with van der Waals surface area (Å²) in [7, 11) is 1.51. The second kappa shape index (κ2) is 6.85. The van der Waals surface area contributed by atoms with Gasteiger partial charge >= 0.3 is 0 Å².